The molecule has 0 fully saturated rings. The van der Waals surface area contributed by atoms with Crippen molar-refractivity contribution in [1.82, 2.24) is 15.0 Å². The van der Waals surface area contributed by atoms with E-state index in [1.54, 1.807) is 23.5 Å². The van der Waals surface area contributed by atoms with Crippen LogP contribution in [0.4, 0.5) is 5.82 Å². The first-order valence-corrected chi connectivity index (χ1v) is 9.17. The number of halogens is 1. The van der Waals surface area contributed by atoms with Gasteiger partial charge in [-0.2, -0.15) is 0 Å². The van der Waals surface area contributed by atoms with Gasteiger partial charge in [0.05, 0.1) is 10.9 Å². The van der Waals surface area contributed by atoms with Gasteiger partial charge in [-0.15, -0.1) is 11.3 Å². The average Bonchev–Trinajstić information content (AvgIpc) is 2.99. The molecule has 8 heteroatoms. The number of esters is 1. The molecule has 3 aromatic rings. The predicted octanol–water partition coefficient (Wildman–Crippen LogP) is 3.56. The summed E-state index contributed by atoms with van der Waals surface area (Å²) in [5.41, 5.74) is 7.65. The van der Waals surface area contributed by atoms with E-state index in [1.807, 2.05) is 0 Å². The van der Waals surface area contributed by atoms with Gasteiger partial charge in [0.2, 0.25) is 0 Å². The van der Waals surface area contributed by atoms with E-state index in [2.05, 4.69) is 15.0 Å². The van der Waals surface area contributed by atoms with E-state index in [4.69, 9.17) is 22.1 Å². The van der Waals surface area contributed by atoms with Crippen molar-refractivity contribution < 1.29 is 9.53 Å². The van der Waals surface area contributed by atoms with E-state index < -0.39 is 5.97 Å². The lowest BCUT2D eigenvalue weighted by Crippen LogP contribution is -2.09. The maximum absolute atomic E-state index is 12.1. The Labute approximate surface area is 153 Å². The van der Waals surface area contributed by atoms with Gasteiger partial charge in [-0.05, 0) is 43.4 Å². The molecule has 128 valence electrons. The van der Waals surface area contributed by atoms with Crippen molar-refractivity contribution in [2.45, 2.75) is 32.3 Å². The summed E-state index contributed by atoms with van der Waals surface area (Å²) >= 11 is 7.56. The maximum atomic E-state index is 12.1. The summed E-state index contributed by atoms with van der Waals surface area (Å²) in [4.78, 5) is 27.0. The highest BCUT2D eigenvalue weighted by Gasteiger charge is 2.20. The number of aryl methyl sites for hydroxylation is 2. The summed E-state index contributed by atoms with van der Waals surface area (Å²) in [5, 5.41) is 1.07. The van der Waals surface area contributed by atoms with Gasteiger partial charge in [-0.1, -0.05) is 11.6 Å². The third kappa shape index (κ3) is 3.05. The number of nitrogens with two attached hydrogens (primary N) is 1. The third-order valence-corrected chi connectivity index (χ3v) is 5.69. The van der Waals surface area contributed by atoms with E-state index in [0.29, 0.717) is 11.6 Å². The molecule has 0 amide bonds. The van der Waals surface area contributed by atoms with E-state index in [9.17, 15) is 4.79 Å². The molecule has 3 heterocycles. The molecule has 0 aromatic carbocycles. The molecule has 4 rings (SSSR count). The van der Waals surface area contributed by atoms with Gasteiger partial charge in [-0.3, -0.25) is 0 Å². The number of carbonyl (C=O) groups excluding carboxylic acids is 1. The maximum Gasteiger partial charge on any atom is 0.341 e. The molecule has 3 aromatic heterocycles. The Balaban J connectivity index is 1.58. The van der Waals surface area contributed by atoms with Gasteiger partial charge in [0.15, 0.2) is 12.4 Å². The summed E-state index contributed by atoms with van der Waals surface area (Å²) < 4.78 is 5.26. The van der Waals surface area contributed by atoms with Gasteiger partial charge < -0.3 is 10.5 Å². The number of ether oxygens (including phenoxy) is 1. The number of aromatic nitrogens is 3. The number of thiophene rings is 1. The molecule has 1 aliphatic carbocycles. The number of rotatable bonds is 3. The SMILES string of the molecule is Nc1nc(COC(=O)c2cccnc2Cl)nc2sc3c(c12)CCCC3. The molecule has 2 N–H and O–H groups in total. The van der Waals surface area contributed by atoms with Crippen molar-refractivity contribution in [2.24, 2.45) is 0 Å². The highest BCUT2D eigenvalue weighted by Crippen LogP contribution is 2.37. The van der Waals surface area contributed by atoms with Crippen LogP contribution in [0.3, 0.4) is 0 Å². The molecular formula is C17H15ClN4O2S. The van der Waals surface area contributed by atoms with Crippen LogP contribution in [0.25, 0.3) is 10.2 Å². The highest BCUT2D eigenvalue weighted by atomic mass is 35.5. The largest absolute Gasteiger partial charge is 0.454 e. The lowest BCUT2D eigenvalue weighted by atomic mass is 9.97. The Bertz CT molecular complexity index is 973. The van der Waals surface area contributed by atoms with Crippen LogP contribution in [0.1, 0.15) is 39.5 Å². The molecule has 0 radical (unpaired) electrons. The zero-order chi connectivity index (χ0) is 17.4. The van der Waals surface area contributed by atoms with E-state index in [0.717, 1.165) is 23.1 Å². The van der Waals surface area contributed by atoms with Crippen molar-refractivity contribution in [3.05, 3.63) is 45.3 Å². The Kier molecular flexibility index (Phi) is 4.27. The third-order valence-electron chi connectivity index (χ3n) is 4.20. The number of carbonyl (C=O) groups is 1. The van der Waals surface area contributed by atoms with Crippen LogP contribution in [0.15, 0.2) is 18.3 Å². The fraction of sp³-hybridized carbons (Fsp3) is 0.294. The van der Waals surface area contributed by atoms with Crippen LogP contribution >= 0.6 is 22.9 Å². The Hall–Kier alpha value is -2.25. The van der Waals surface area contributed by atoms with Gasteiger partial charge in [-0.25, -0.2) is 19.7 Å². The van der Waals surface area contributed by atoms with Crippen molar-refractivity contribution in [2.75, 3.05) is 5.73 Å². The fourth-order valence-corrected chi connectivity index (χ4v) is 4.53. The number of nitrogens with zero attached hydrogens (tertiary/aromatic N) is 3. The quantitative estimate of drug-likeness (QED) is 0.556. The van der Waals surface area contributed by atoms with Crippen molar-refractivity contribution in [3.63, 3.8) is 0 Å². The van der Waals surface area contributed by atoms with E-state index in [1.165, 1.54) is 29.5 Å². The molecule has 25 heavy (non-hydrogen) atoms. The van der Waals surface area contributed by atoms with Crippen LogP contribution in [0.2, 0.25) is 5.15 Å². The number of nitrogen functional groups attached to an aromatic ring is 1. The molecule has 0 saturated carbocycles. The molecule has 6 nitrogen and oxygen atoms in total. The molecule has 0 spiro atoms. The van der Waals surface area contributed by atoms with Crippen molar-refractivity contribution in [3.8, 4) is 0 Å². The predicted molar refractivity (Wildman–Crippen MR) is 96.8 cm³/mol. The summed E-state index contributed by atoms with van der Waals surface area (Å²) in [6, 6.07) is 3.18. The van der Waals surface area contributed by atoms with Crippen molar-refractivity contribution >= 4 is 44.9 Å². The Morgan fingerprint density at radius 1 is 1.32 bits per heavy atom. The summed E-state index contributed by atoms with van der Waals surface area (Å²) in [7, 11) is 0. The number of hydrogen-bond acceptors (Lipinski definition) is 7. The Morgan fingerprint density at radius 2 is 2.16 bits per heavy atom. The lowest BCUT2D eigenvalue weighted by molar-refractivity contribution is 0.0462. The molecule has 1 aliphatic rings. The second-order valence-corrected chi connectivity index (χ2v) is 7.28. The lowest BCUT2D eigenvalue weighted by Gasteiger charge is -2.10. The van der Waals surface area contributed by atoms with Crippen molar-refractivity contribution in [1.29, 1.82) is 0 Å². The molecule has 0 saturated heterocycles. The fourth-order valence-electron chi connectivity index (χ4n) is 3.04. The zero-order valence-electron chi connectivity index (χ0n) is 13.3. The van der Waals surface area contributed by atoms with Crippen LogP contribution in [0, 0.1) is 0 Å². The van der Waals surface area contributed by atoms with Crippen LogP contribution in [-0.2, 0) is 24.2 Å². The molecular weight excluding hydrogens is 360 g/mol. The zero-order valence-corrected chi connectivity index (χ0v) is 14.9. The van der Waals surface area contributed by atoms with Crippen LogP contribution in [-0.4, -0.2) is 20.9 Å². The number of fused-ring (bicyclic) bond motifs is 3. The number of anilines is 1. The molecule has 0 atom stereocenters. The Morgan fingerprint density at radius 3 is 3.00 bits per heavy atom. The summed E-state index contributed by atoms with van der Waals surface area (Å²) in [6.07, 6.45) is 5.97. The normalized spacial score (nSPS) is 13.6. The molecule has 0 aliphatic heterocycles. The van der Waals surface area contributed by atoms with Gasteiger partial charge in [0.1, 0.15) is 15.8 Å². The van der Waals surface area contributed by atoms with Gasteiger partial charge in [0.25, 0.3) is 0 Å². The topological polar surface area (TPSA) is 91.0 Å². The average molecular weight is 375 g/mol. The van der Waals surface area contributed by atoms with E-state index in [-0.39, 0.29) is 17.3 Å². The summed E-state index contributed by atoms with van der Waals surface area (Å²) in [6.45, 7) is -0.0627. The summed E-state index contributed by atoms with van der Waals surface area (Å²) in [5.74, 6) is 0.276. The standard InChI is InChI=1S/C17H15ClN4O2S/c18-14-10(5-3-7-20-14)17(23)24-8-12-21-15(19)13-9-4-1-2-6-11(9)25-16(13)22-12/h3,5,7H,1-2,4,6,8H2,(H2,19,21,22). The van der Waals surface area contributed by atoms with Crippen LogP contribution in [0.5, 0.6) is 0 Å². The first-order chi connectivity index (χ1) is 12.1. The minimum absolute atomic E-state index is 0.0627. The van der Waals surface area contributed by atoms with E-state index >= 15 is 0 Å². The second kappa shape index (κ2) is 6.57. The van der Waals surface area contributed by atoms with Gasteiger partial charge in [0, 0.05) is 11.1 Å². The number of pyridine rings is 1. The highest BCUT2D eigenvalue weighted by molar-refractivity contribution is 7.19. The minimum Gasteiger partial charge on any atom is -0.454 e. The van der Waals surface area contributed by atoms with Crippen LogP contribution < -0.4 is 5.73 Å². The first kappa shape index (κ1) is 16.2. The molecule has 0 bridgehead atoms. The smallest absolute Gasteiger partial charge is 0.341 e. The first-order valence-electron chi connectivity index (χ1n) is 7.98. The number of hydrogen-bond donors (Lipinski definition) is 1. The van der Waals surface area contributed by atoms with Gasteiger partial charge >= 0.3 is 5.97 Å². The molecule has 0 unspecified atom stereocenters. The second-order valence-electron chi connectivity index (χ2n) is 5.83. The monoisotopic (exact) mass is 374 g/mol. The minimum atomic E-state index is -0.564.